The molecule has 5 nitrogen and oxygen atoms in total. The van der Waals surface area contributed by atoms with Crippen LogP contribution in [0.25, 0.3) is 22.8 Å². The topological polar surface area (TPSA) is 75.6 Å². The second-order valence-electron chi connectivity index (χ2n) is 3.79. The summed E-state index contributed by atoms with van der Waals surface area (Å²) in [4.78, 5) is 4.18. The van der Waals surface area contributed by atoms with Gasteiger partial charge in [0, 0.05) is 5.56 Å². The quantitative estimate of drug-likeness (QED) is 0.696. The van der Waals surface area contributed by atoms with Gasteiger partial charge in [-0.15, -0.1) is 10.2 Å². The molecule has 90 valence electrons. The van der Waals surface area contributed by atoms with Gasteiger partial charge in [-0.05, 0) is 12.1 Å². The van der Waals surface area contributed by atoms with Crippen LogP contribution in [0.1, 0.15) is 5.69 Å². The number of aromatic nitrogens is 3. The van der Waals surface area contributed by atoms with Crippen LogP contribution in [-0.2, 0) is 0 Å². The molecule has 3 rings (SSSR count). The van der Waals surface area contributed by atoms with Gasteiger partial charge < -0.3 is 4.42 Å². The van der Waals surface area contributed by atoms with E-state index in [0.29, 0.717) is 17.3 Å². The number of furan rings is 1. The van der Waals surface area contributed by atoms with E-state index < -0.39 is 0 Å². The summed E-state index contributed by atoms with van der Waals surface area (Å²) in [5.41, 5.74) is 1.51. The van der Waals surface area contributed by atoms with Crippen molar-refractivity contribution >= 4 is 0 Å². The van der Waals surface area contributed by atoms with E-state index in [2.05, 4.69) is 15.2 Å². The molecule has 0 N–H and O–H groups in total. The van der Waals surface area contributed by atoms with Gasteiger partial charge in [0.15, 0.2) is 11.5 Å². The van der Waals surface area contributed by atoms with Gasteiger partial charge in [-0.1, -0.05) is 30.3 Å². The number of hydrogen-bond acceptors (Lipinski definition) is 5. The lowest BCUT2D eigenvalue weighted by molar-refractivity contribution is 0.575. The zero-order chi connectivity index (χ0) is 13.1. The highest BCUT2D eigenvalue weighted by molar-refractivity contribution is 5.65. The average molecular weight is 248 g/mol. The molecule has 3 aromatic rings. The van der Waals surface area contributed by atoms with Crippen molar-refractivity contribution in [1.29, 1.82) is 5.26 Å². The molecule has 19 heavy (non-hydrogen) atoms. The van der Waals surface area contributed by atoms with E-state index in [9.17, 15) is 5.26 Å². The summed E-state index contributed by atoms with van der Waals surface area (Å²) >= 11 is 0. The Morgan fingerprint density at radius 3 is 2.53 bits per heavy atom. The summed E-state index contributed by atoms with van der Waals surface area (Å²) in [5, 5.41) is 17.3. The molecular formula is C14H8N4O. The molecule has 0 bridgehead atoms. The SMILES string of the molecule is N#Cc1nc(-c2ccco2)nnc1-c1ccccc1. The Morgan fingerprint density at radius 1 is 1.00 bits per heavy atom. The molecule has 0 fully saturated rings. The van der Waals surface area contributed by atoms with Crippen molar-refractivity contribution in [1.82, 2.24) is 15.2 Å². The number of hydrogen-bond donors (Lipinski definition) is 0. The van der Waals surface area contributed by atoms with Gasteiger partial charge in [-0.2, -0.15) is 5.26 Å². The first-order chi connectivity index (χ1) is 9.38. The first-order valence-corrected chi connectivity index (χ1v) is 5.62. The maximum atomic E-state index is 9.19. The molecule has 0 spiro atoms. The molecule has 0 amide bonds. The predicted molar refractivity (Wildman–Crippen MR) is 67.7 cm³/mol. The Hall–Kier alpha value is -3.00. The van der Waals surface area contributed by atoms with Crippen LogP contribution in [0.3, 0.4) is 0 Å². The van der Waals surface area contributed by atoms with Crippen molar-refractivity contribution in [3.8, 4) is 28.9 Å². The molecule has 0 unspecified atom stereocenters. The number of benzene rings is 1. The zero-order valence-electron chi connectivity index (χ0n) is 9.82. The summed E-state index contributed by atoms with van der Waals surface area (Å²) in [6, 6.07) is 14.9. The van der Waals surface area contributed by atoms with Crippen LogP contribution in [0.4, 0.5) is 0 Å². The minimum absolute atomic E-state index is 0.229. The van der Waals surface area contributed by atoms with Crippen molar-refractivity contribution in [2.75, 3.05) is 0 Å². The first-order valence-electron chi connectivity index (χ1n) is 5.62. The summed E-state index contributed by atoms with van der Waals surface area (Å²) in [7, 11) is 0. The largest absolute Gasteiger partial charge is 0.461 e. The molecule has 0 saturated heterocycles. The Balaban J connectivity index is 2.12. The van der Waals surface area contributed by atoms with E-state index >= 15 is 0 Å². The van der Waals surface area contributed by atoms with Crippen LogP contribution in [-0.4, -0.2) is 15.2 Å². The highest BCUT2D eigenvalue weighted by atomic mass is 16.3. The minimum Gasteiger partial charge on any atom is -0.461 e. The van der Waals surface area contributed by atoms with Gasteiger partial charge in [-0.25, -0.2) is 4.98 Å². The highest BCUT2D eigenvalue weighted by Gasteiger charge is 2.13. The molecule has 0 aliphatic heterocycles. The molecule has 1 aromatic carbocycles. The molecule has 0 atom stereocenters. The normalized spacial score (nSPS) is 10.1. The van der Waals surface area contributed by atoms with Crippen LogP contribution in [0, 0.1) is 11.3 Å². The van der Waals surface area contributed by atoms with Crippen LogP contribution < -0.4 is 0 Å². The minimum atomic E-state index is 0.229. The molecule has 2 aromatic heterocycles. The molecule has 2 heterocycles. The fraction of sp³-hybridized carbons (Fsp3) is 0. The maximum absolute atomic E-state index is 9.19. The lowest BCUT2D eigenvalue weighted by Gasteiger charge is -2.02. The third kappa shape index (κ3) is 2.07. The Bertz CT molecular complexity index is 730. The van der Waals surface area contributed by atoms with Crippen molar-refractivity contribution < 1.29 is 4.42 Å². The van der Waals surface area contributed by atoms with Gasteiger partial charge >= 0.3 is 0 Å². The summed E-state index contributed by atoms with van der Waals surface area (Å²) in [6.45, 7) is 0. The zero-order valence-corrected chi connectivity index (χ0v) is 9.82. The predicted octanol–water partition coefficient (Wildman–Crippen LogP) is 2.67. The maximum Gasteiger partial charge on any atom is 0.218 e. The van der Waals surface area contributed by atoms with E-state index in [1.165, 1.54) is 6.26 Å². The van der Waals surface area contributed by atoms with Crippen LogP contribution in [0.5, 0.6) is 0 Å². The molecule has 0 aliphatic carbocycles. The van der Waals surface area contributed by atoms with Gasteiger partial charge in [0.1, 0.15) is 11.8 Å². The second kappa shape index (κ2) is 4.70. The molecule has 0 radical (unpaired) electrons. The summed E-state index contributed by atoms with van der Waals surface area (Å²) in [5.74, 6) is 0.796. The van der Waals surface area contributed by atoms with Crippen LogP contribution in [0.2, 0.25) is 0 Å². The smallest absolute Gasteiger partial charge is 0.218 e. The lowest BCUT2D eigenvalue weighted by Crippen LogP contribution is -1.99. The third-order valence-corrected chi connectivity index (χ3v) is 2.58. The van der Waals surface area contributed by atoms with E-state index in [1.54, 1.807) is 12.1 Å². The fourth-order valence-corrected chi connectivity index (χ4v) is 1.70. The lowest BCUT2D eigenvalue weighted by atomic mass is 10.1. The van der Waals surface area contributed by atoms with Crippen LogP contribution in [0.15, 0.2) is 53.1 Å². The van der Waals surface area contributed by atoms with Crippen molar-refractivity contribution in [3.05, 3.63) is 54.4 Å². The van der Waals surface area contributed by atoms with Crippen LogP contribution >= 0.6 is 0 Å². The van der Waals surface area contributed by atoms with E-state index in [4.69, 9.17) is 4.42 Å². The van der Waals surface area contributed by atoms with E-state index in [1.807, 2.05) is 36.4 Å². The van der Waals surface area contributed by atoms with Gasteiger partial charge in [-0.3, -0.25) is 0 Å². The van der Waals surface area contributed by atoms with Gasteiger partial charge in [0.2, 0.25) is 5.82 Å². The molecule has 5 heteroatoms. The van der Waals surface area contributed by atoms with Crippen molar-refractivity contribution in [3.63, 3.8) is 0 Å². The van der Waals surface area contributed by atoms with Gasteiger partial charge in [0.05, 0.1) is 6.26 Å². The van der Waals surface area contributed by atoms with E-state index in [-0.39, 0.29) is 5.69 Å². The second-order valence-corrected chi connectivity index (χ2v) is 3.79. The first kappa shape index (κ1) is 11.1. The summed E-state index contributed by atoms with van der Waals surface area (Å²) in [6.07, 6.45) is 1.52. The van der Waals surface area contributed by atoms with E-state index in [0.717, 1.165) is 5.56 Å². The third-order valence-electron chi connectivity index (χ3n) is 2.58. The monoisotopic (exact) mass is 248 g/mol. The summed E-state index contributed by atoms with van der Waals surface area (Å²) < 4.78 is 5.19. The molecule has 0 aliphatic rings. The number of rotatable bonds is 2. The fourth-order valence-electron chi connectivity index (χ4n) is 1.70. The highest BCUT2D eigenvalue weighted by Crippen LogP contribution is 2.21. The Kier molecular flexibility index (Phi) is 2.75. The molecule has 0 saturated carbocycles. The van der Waals surface area contributed by atoms with Gasteiger partial charge in [0.25, 0.3) is 0 Å². The van der Waals surface area contributed by atoms with Crippen molar-refractivity contribution in [2.45, 2.75) is 0 Å². The molecular weight excluding hydrogens is 240 g/mol. The number of nitriles is 1. The average Bonchev–Trinajstić information content (AvgIpc) is 3.02. The number of nitrogens with zero attached hydrogens (tertiary/aromatic N) is 4. The Morgan fingerprint density at radius 2 is 1.84 bits per heavy atom. The standard InChI is InChI=1S/C14H8N4O/c15-9-11-13(10-5-2-1-3-6-10)17-18-14(16-11)12-7-4-8-19-12/h1-8H. The van der Waals surface area contributed by atoms with Crippen molar-refractivity contribution in [2.24, 2.45) is 0 Å². The Labute approximate surface area is 109 Å².